The van der Waals surface area contributed by atoms with E-state index >= 15 is 0 Å². The van der Waals surface area contributed by atoms with E-state index in [1.165, 1.54) is 23.9 Å². The fourth-order valence-corrected chi connectivity index (χ4v) is 2.09. The Labute approximate surface area is 121 Å². The van der Waals surface area contributed by atoms with Gasteiger partial charge in [-0.3, -0.25) is 4.79 Å². The first-order valence-corrected chi connectivity index (χ1v) is 7.45. The normalized spacial score (nSPS) is 11.8. The van der Waals surface area contributed by atoms with Crippen molar-refractivity contribution in [3.63, 3.8) is 0 Å². The fourth-order valence-electron chi connectivity index (χ4n) is 1.62. The molecule has 0 radical (unpaired) electrons. The number of nitrogens with two attached hydrogens (primary N) is 1. The van der Waals surface area contributed by atoms with Crippen molar-refractivity contribution in [2.75, 3.05) is 17.3 Å². The molecule has 0 aromatic heterocycles. The predicted octanol–water partition coefficient (Wildman–Crippen LogP) is 1.86. The second kappa shape index (κ2) is 7.74. The number of urea groups is 1. The van der Waals surface area contributed by atoms with Gasteiger partial charge in [0.15, 0.2) is 0 Å². The number of halogens is 1. The van der Waals surface area contributed by atoms with Crippen LogP contribution >= 0.6 is 11.8 Å². The molecular weight excluding hydrogens is 281 g/mol. The van der Waals surface area contributed by atoms with E-state index in [1.54, 1.807) is 13.0 Å². The van der Waals surface area contributed by atoms with E-state index in [0.29, 0.717) is 12.2 Å². The monoisotopic (exact) mass is 299 g/mol. The third-order valence-electron chi connectivity index (χ3n) is 2.63. The van der Waals surface area contributed by atoms with E-state index in [4.69, 9.17) is 5.73 Å². The minimum atomic E-state index is -0.782. The van der Waals surface area contributed by atoms with Gasteiger partial charge in [0.25, 0.3) is 0 Å². The first-order chi connectivity index (χ1) is 9.43. The summed E-state index contributed by atoms with van der Waals surface area (Å²) in [6.07, 6.45) is 2.31. The van der Waals surface area contributed by atoms with Crippen LogP contribution in [0.5, 0.6) is 0 Å². The van der Waals surface area contributed by atoms with Gasteiger partial charge in [-0.15, -0.1) is 0 Å². The molecule has 110 valence electrons. The molecule has 0 spiro atoms. The molecule has 0 heterocycles. The highest BCUT2D eigenvalue weighted by atomic mass is 32.2. The molecule has 1 aromatic rings. The molecule has 5 nitrogen and oxygen atoms in total. The van der Waals surface area contributed by atoms with Gasteiger partial charge >= 0.3 is 6.03 Å². The van der Waals surface area contributed by atoms with Crippen LogP contribution in [0.15, 0.2) is 18.2 Å². The SMILES string of the molecule is CSCC[C@H](NC(N)=O)C(=O)Nc1ccc(C)cc1F. The van der Waals surface area contributed by atoms with Crippen molar-refractivity contribution in [1.82, 2.24) is 5.32 Å². The van der Waals surface area contributed by atoms with Gasteiger partial charge in [0.1, 0.15) is 11.9 Å². The summed E-state index contributed by atoms with van der Waals surface area (Å²) in [6, 6.07) is 2.94. The number of carbonyl (C=O) groups excluding carboxylic acids is 2. The van der Waals surface area contributed by atoms with Gasteiger partial charge in [-0.25, -0.2) is 9.18 Å². The van der Waals surface area contributed by atoms with Crippen LogP contribution in [0.3, 0.4) is 0 Å². The number of rotatable bonds is 6. The Balaban J connectivity index is 2.76. The van der Waals surface area contributed by atoms with Crippen LogP contribution < -0.4 is 16.4 Å². The Morgan fingerprint density at radius 1 is 1.45 bits per heavy atom. The summed E-state index contributed by atoms with van der Waals surface area (Å²) in [7, 11) is 0. The zero-order valence-corrected chi connectivity index (χ0v) is 12.2. The van der Waals surface area contributed by atoms with Crippen molar-refractivity contribution in [3.8, 4) is 0 Å². The van der Waals surface area contributed by atoms with Gasteiger partial charge < -0.3 is 16.4 Å². The Morgan fingerprint density at radius 2 is 2.15 bits per heavy atom. The van der Waals surface area contributed by atoms with Crippen molar-refractivity contribution >= 4 is 29.4 Å². The lowest BCUT2D eigenvalue weighted by molar-refractivity contribution is -0.118. The van der Waals surface area contributed by atoms with E-state index in [1.807, 2.05) is 6.26 Å². The molecule has 4 N–H and O–H groups in total. The summed E-state index contributed by atoms with van der Waals surface area (Å²) in [5.74, 6) is -0.323. The number of anilines is 1. The van der Waals surface area contributed by atoms with Gasteiger partial charge in [0.05, 0.1) is 5.69 Å². The smallest absolute Gasteiger partial charge is 0.312 e. The molecule has 0 saturated heterocycles. The molecule has 1 rings (SSSR count). The number of amides is 3. The van der Waals surface area contributed by atoms with Crippen LogP contribution in [-0.4, -0.2) is 30.0 Å². The average Bonchev–Trinajstić information content (AvgIpc) is 2.37. The van der Waals surface area contributed by atoms with E-state index in [-0.39, 0.29) is 5.69 Å². The molecule has 3 amide bonds. The number of thioether (sulfide) groups is 1. The molecule has 7 heteroatoms. The summed E-state index contributed by atoms with van der Waals surface area (Å²) >= 11 is 1.54. The standard InChI is InChI=1S/C13H18FN3O2S/c1-8-3-4-10(9(14)7-8)16-12(18)11(5-6-20-2)17-13(15)19/h3-4,7,11H,5-6H2,1-2H3,(H,16,18)(H3,15,17,19)/t11-/m0/s1. The van der Waals surface area contributed by atoms with E-state index in [0.717, 1.165) is 5.56 Å². The first kappa shape index (κ1) is 16.3. The van der Waals surface area contributed by atoms with Gasteiger partial charge in [0, 0.05) is 0 Å². The summed E-state index contributed by atoms with van der Waals surface area (Å²) in [5, 5.41) is 4.81. The summed E-state index contributed by atoms with van der Waals surface area (Å²) < 4.78 is 13.7. The van der Waals surface area contributed by atoms with Crippen LogP contribution in [0, 0.1) is 12.7 Å². The Morgan fingerprint density at radius 3 is 2.70 bits per heavy atom. The molecule has 0 bridgehead atoms. The molecule has 0 aliphatic rings. The van der Waals surface area contributed by atoms with E-state index < -0.39 is 23.8 Å². The summed E-state index contributed by atoms with van der Waals surface area (Å²) in [5.41, 5.74) is 5.88. The van der Waals surface area contributed by atoms with Crippen molar-refractivity contribution < 1.29 is 14.0 Å². The lowest BCUT2D eigenvalue weighted by Crippen LogP contribution is -2.46. The Hall–Kier alpha value is -1.76. The Bertz CT molecular complexity index is 497. The minimum absolute atomic E-state index is 0.0843. The molecule has 0 unspecified atom stereocenters. The van der Waals surface area contributed by atoms with Crippen molar-refractivity contribution in [3.05, 3.63) is 29.6 Å². The minimum Gasteiger partial charge on any atom is -0.352 e. The lowest BCUT2D eigenvalue weighted by atomic mass is 10.2. The molecule has 1 atom stereocenters. The van der Waals surface area contributed by atoms with E-state index in [2.05, 4.69) is 10.6 Å². The third-order valence-corrected chi connectivity index (χ3v) is 3.27. The number of hydrogen-bond acceptors (Lipinski definition) is 3. The summed E-state index contributed by atoms with van der Waals surface area (Å²) in [6.45, 7) is 1.75. The summed E-state index contributed by atoms with van der Waals surface area (Å²) in [4.78, 5) is 22.9. The van der Waals surface area contributed by atoms with Crippen molar-refractivity contribution in [2.45, 2.75) is 19.4 Å². The number of primary amides is 1. The Kier molecular flexibility index (Phi) is 6.30. The zero-order chi connectivity index (χ0) is 15.1. The number of hydrogen-bond donors (Lipinski definition) is 3. The molecule has 1 aromatic carbocycles. The van der Waals surface area contributed by atoms with Gasteiger partial charge in [-0.2, -0.15) is 11.8 Å². The topological polar surface area (TPSA) is 84.2 Å². The highest BCUT2D eigenvalue weighted by Gasteiger charge is 2.20. The maximum Gasteiger partial charge on any atom is 0.312 e. The highest BCUT2D eigenvalue weighted by molar-refractivity contribution is 7.98. The number of benzene rings is 1. The van der Waals surface area contributed by atoms with Crippen molar-refractivity contribution in [2.24, 2.45) is 5.73 Å². The second-order valence-corrected chi connectivity index (χ2v) is 5.30. The zero-order valence-electron chi connectivity index (χ0n) is 11.4. The second-order valence-electron chi connectivity index (χ2n) is 4.32. The maximum absolute atomic E-state index is 13.7. The number of nitrogens with one attached hydrogen (secondary N) is 2. The quantitative estimate of drug-likeness (QED) is 0.749. The van der Waals surface area contributed by atoms with Gasteiger partial charge in [-0.05, 0) is 43.0 Å². The van der Waals surface area contributed by atoms with Crippen LogP contribution in [0.2, 0.25) is 0 Å². The van der Waals surface area contributed by atoms with E-state index in [9.17, 15) is 14.0 Å². The molecule has 0 aliphatic heterocycles. The van der Waals surface area contributed by atoms with Gasteiger partial charge in [-0.1, -0.05) is 6.07 Å². The van der Waals surface area contributed by atoms with Crippen LogP contribution in [-0.2, 0) is 4.79 Å². The average molecular weight is 299 g/mol. The van der Waals surface area contributed by atoms with Crippen molar-refractivity contribution in [1.29, 1.82) is 0 Å². The molecule has 0 aliphatic carbocycles. The van der Waals surface area contributed by atoms with Crippen LogP contribution in [0.25, 0.3) is 0 Å². The molecule has 0 saturated carbocycles. The predicted molar refractivity (Wildman–Crippen MR) is 79.3 cm³/mol. The first-order valence-electron chi connectivity index (χ1n) is 6.06. The molecular formula is C13H18FN3O2S. The molecule has 0 fully saturated rings. The van der Waals surface area contributed by atoms with Crippen LogP contribution in [0.4, 0.5) is 14.9 Å². The number of carbonyl (C=O) groups is 2. The highest BCUT2D eigenvalue weighted by Crippen LogP contribution is 2.16. The maximum atomic E-state index is 13.7. The van der Waals surface area contributed by atoms with Crippen LogP contribution in [0.1, 0.15) is 12.0 Å². The largest absolute Gasteiger partial charge is 0.352 e. The van der Waals surface area contributed by atoms with Gasteiger partial charge in [0.2, 0.25) is 5.91 Å². The fraction of sp³-hybridized carbons (Fsp3) is 0.385. The number of aryl methyl sites for hydroxylation is 1. The lowest BCUT2D eigenvalue weighted by Gasteiger charge is -2.17. The third kappa shape index (κ3) is 5.08. The molecule has 20 heavy (non-hydrogen) atoms.